The standard InChI is InChI=1S/C19H25N3O3/c1-14-2-4-15(5-3-14)6-8-17(23)20-12-19(25)21-10-11-22-16(13-21)7-9-18(22)24/h2-5,16H,6-13H2,1H3,(H,20,23). The van der Waals surface area contributed by atoms with Gasteiger partial charge in [0, 0.05) is 38.5 Å². The predicted molar refractivity (Wildman–Crippen MR) is 93.8 cm³/mol. The highest BCUT2D eigenvalue weighted by molar-refractivity contribution is 5.85. The predicted octanol–water partition coefficient (Wildman–Crippen LogP) is 0.877. The smallest absolute Gasteiger partial charge is 0.242 e. The van der Waals surface area contributed by atoms with E-state index in [0.717, 1.165) is 12.0 Å². The number of nitrogens with zero attached hydrogens (tertiary/aromatic N) is 2. The van der Waals surface area contributed by atoms with Gasteiger partial charge in [0.25, 0.3) is 0 Å². The average Bonchev–Trinajstić information content (AvgIpc) is 2.99. The van der Waals surface area contributed by atoms with Gasteiger partial charge in [0.15, 0.2) is 0 Å². The van der Waals surface area contributed by atoms with Gasteiger partial charge >= 0.3 is 0 Å². The molecule has 134 valence electrons. The first-order chi connectivity index (χ1) is 12.0. The normalized spacial score (nSPS) is 19.7. The molecule has 1 aromatic carbocycles. The first-order valence-corrected chi connectivity index (χ1v) is 8.92. The van der Waals surface area contributed by atoms with Crippen molar-refractivity contribution in [2.45, 2.75) is 38.6 Å². The number of benzene rings is 1. The Morgan fingerprint density at radius 2 is 1.96 bits per heavy atom. The van der Waals surface area contributed by atoms with Gasteiger partial charge < -0.3 is 15.1 Å². The lowest BCUT2D eigenvalue weighted by Gasteiger charge is -2.37. The Balaban J connectivity index is 1.39. The number of hydrogen-bond donors (Lipinski definition) is 1. The van der Waals surface area contributed by atoms with E-state index >= 15 is 0 Å². The van der Waals surface area contributed by atoms with E-state index < -0.39 is 0 Å². The quantitative estimate of drug-likeness (QED) is 0.863. The van der Waals surface area contributed by atoms with E-state index in [-0.39, 0.29) is 30.3 Å². The zero-order valence-corrected chi connectivity index (χ0v) is 14.7. The SMILES string of the molecule is Cc1ccc(CCC(=O)NCC(=O)N2CCN3C(=O)CCC3C2)cc1. The molecule has 0 radical (unpaired) electrons. The van der Waals surface area contributed by atoms with E-state index in [0.29, 0.717) is 38.9 Å². The van der Waals surface area contributed by atoms with Gasteiger partial charge in [-0.2, -0.15) is 0 Å². The average molecular weight is 343 g/mol. The third kappa shape index (κ3) is 4.38. The lowest BCUT2D eigenvalue weighted by Crippen LogP contribution is -2.54. The van der Waals surface area contributed by atoms with E-state index in [4.69, 9.17) is 0 Å². The molecule has 6 heteroatoms. The van der Waals surface area contributed by atoms with Gasteiger partial charge in [0.2, 0.25) is 17.7 Å². The van der Waals surface area contributed by atoms with Crippen molar-refractivity contribution in [3.05, 3.63) is 35.4 Å². The van der Waals surface area contributed by atoms with Gasteiger partial charge in [-0.15, -0.1) is 0 Å². The van der Waals surface area contributed by atoms with Crippen molar-refractivity contribution < 1.29 is 14.4 Å². The zero-order valence-electron chi connectivity index (χ0n) is 14.7. The Kier molecular flexibility index (Phi) is 5.36. The van der Waals surface area contributed by atoms with E-state index in [1.807, 2.05) is 36.1 Å². The van der Waals surface area contributed by atoms with Crippen molar-refractivity contribution in [1.82, 2.24) is 15.1 Å². The van der Waals surface area contributed by atoms with Crippen LogP contribution in [0.4, 0.5) is 0 Å². The highest BCUT2D eigenvalue weighted by Crippen LogP contribution is 2.22. The molecule has 1 aromatic rings. The zero-order chi connectivity index (χ0) is 17.8. The molecule has 1 atom stereocenters. The molecule has 2 saturated heterocycles. The number of fused-ring (bicyclic) bond motifs is 1. The third-order valence-corrected chi connectivity index (χ3v) is 5.05. The number of hydrogen-bond acceptors (Lipinski definition) is 3. The molecule has 2 aliphatic heterocycles. The molecule has 3 rings (SSSR count). The Bertz CT molecular complexity index is 656. The second-order valence-electron chi connectivity index (χ2n) is 6.88. The largest absolute Gasteiger partial charge is 0.347 e. The maximum atomic E-state index is 12.3. The molecule has 0 aromatic heterocycles. The summed E-state index contributed by atoms with van der Waals surface area (Å²) in [6, 6.07) is 8.27. The first-order valence-electron chi connectivity index (χ1n) is 8.92. The van der Waals surface area contributed by atoms with E-state index in [2.05, 4.69) is 5.32 Å². The van der Waals surface area contributed by atoms with Gasteiger partial charge in [-0.3, -0.25) is 14.4 Å². The van der Waals surface area contributed by atoms with Crippen LogP contribution in [0.25, 0.3) is 0 Å². The molecular weight excluding hydrogens is 318 g/mol. The first kappa shape index (κ1) is 17.5. The topological polar surface area (TPSA) is 69.7 Å². The second kappa shape index (κ2) is 7.68. The van der Waals surface area contributed by atoms with Crippen LogP contribution >= 0.6 is 0 Å². The fourth-order valence-electron chi connectivity index (χ4n) is 3.48. The Morgan fingerprint density at radius 1 is 1.20 bits per heavy atom. The summed E-state index contributed by atoms with van der Waals surface area (Å²) in [4.78, 5) is 39.6. The van der Waals surface area contributed by atoms with Crippen molar-refractivity contribution in [1.29, 1.82) is 0 Å². The number of rotatable bonds is 5. The van der Waals surface area contributed by atoms with Crippen molar-refractivity contribution in [3.63, 3.8) is 0 Å². The van der Waals surface area contributed by atoms with Crippen molar-refractivity contribution in [3.8, 4) is 0 Å². The summed E-state index contributed by atoms with van der Waals surface area (Å²) in [5.74, 6) is 0.0211. The number of carbonyl (C=O) groups excluding carboxylic acids is 3. The van der Waals surface area contributed by atoms with Crippen LogP contribution in [0.3, 0.4) is 0 Å². The molecule has 0 aliphatic carbocycles. The van der Waals surface area contributed by atoms with Crippen LogP contribution in [-0.2, 0) is 20.8 Å². The number of aryl methyl sites for hydroxylation is 2. The summed E-state index contributed by atoms with van der Waals surface area (Å²) in [7, 11) is 0. The minimum Gasteiger partial charge on any atom is -0.347 e. The van der Waals surface area contributed by atoms with Crippen LogP contribution in [0.1, 0.15) is 30.4 Å². The molecule has 2 heterocycles. The maximum Gasteiger partial charge on any atom is 0.242 e. The molecule has 6 nitrogen and oxygen atoms in total. The van der Waals surface area contributed by atoms with Crippen LogP contribution in [0.2, 0.25) is 0 Å². The molecule has 1 unspecified atom stereocenters. The van der Waals surface area contributed by atoms with Crippen LogP contribution in [0, 0.1) is 6.92 Å². The summed E-state index contributed by atoms with van der Waals surface area (Å²) >= 11 is 0. The van der Waals surface area contributed by atoms with Crippen LogP contribution in [-0.4, -0.2) is 59.7 Å². The minimum atomic E-state index is -0.108. The lowest BCUT2D eigenvalue weighted by atomic mass is 10.1. The molecule has 0 saturated carbocycles. The molecule has 0 bridgehead atoms. The number of carbonyl (C=O) groups is 3. The van der Waals surface area contributed by atoms with E-state index in [9.17, 15) is 14.4 Å². The fourth-order valence-corrected chi connectivity index (χ4v) is 3.48. The summed E-state index contributed by atoms with van der Waals surface area (Å²) in [6.07, 6.45) is 2.46. The summed E-state index contributed by atoms with van der Waals surface area (Å²) in [5.41, 5.74) is 2.32. The lowest BCUT2D eigenvalue weighted by molar-refractivity contribution is -0.139. The molecule has 1 N–H and O–H groups in total. The van der Waals surface area contributed by atoms with Crippen molar-refractivity contribution in [2.24, 2.45) is 0 Å². The number of nitrogens with one attached hydrogen (secondary N) is 1. The molecule has 2 fully saturated rings. The molecule has 25 heavy (non-hydrogen) atoms. The van der Waals surface area contributed by atoms with Crippen molar-refractivity contribution >= 4 is 17.7 Å². The van der Waals surface area contributed by atoms with Gasteiger partial charge in [0.05, 0.1) is 6.54 Å². The summed E-state index contributed by atoms with van der Waals surface area (Å²) < 4.78 is 0. The second-order valence-corrected chi connectivity index (χ2v) is 6.88. The molecule has 0 spiro atoms. The van der Waals surface area contributed by atoms with Gasteiger partial charge in [0.1, 0.15) is 0 Å². The Hall–Kier alpha value is -2.37. The Morgan fingerprint density at radius 3 is 2.72 bits per heavy atom. The Labute approximate surface area is 148 Å². The van der Waals surface area contributed by atoms with Crippen LogP contribution in [0.5, 0.6) is 0 Å². The third-order valence-electron chi connectivity index (χ3n) is 5.05. The highest BCUT2D eigenvalue weighted by Gasteiger charge is 2.36. The van der Waals surface area contributed by atoms with Crippen LogP contribution in [0.15, 0.2) is 24.3 Å². The van der Waals surface area contributed by atoms with Gasteiger partial charge in [-0.05, 0) is 25.3 Å². The monoisotopic (exact) mass is 343 g/mol. The summed E-state index contributed by atoms with van der Waals surface area (Å²) in [6.45, 7) is 3.82. The highest BCUT2D eigenvalue weighted by atomic mass is 16.2. The molecule has 2 aliphatic rings. The van der Waals surface area contributed by atoms with E-state index in [1.54, 1.807) is 4.90 Å². The van der Waals surface area contributed by atoms with Crippen molar-refractivity contribution in [2.75, 3.05) is 26.2 Å². The van der Waals surface area contributed by atoms with E-state index in [1.165, 1.54) is 5.56 Å². The maximum absolute atomic E-state index is 12.3. The van der Waals surface area contributed by atoms with Crippen LogP contribution < -0.4 is 5.32 Å². The molecule has 3 amide bonds. The minimum absolute atomic E-state index is 0.0351. The number of amides is 3. The molecular formula is C19H25N3O3. The summed E-state index contributed by atoms with van der Waals surface area (Å²) in [5, 5.41) is 2.72. The fraction of sp³-hybridized carbons (Fsp3) is 0.526. The number of piperazine rings is 1. The van der Waals surface area contributed by atoms with Gasteiger partial charge in [-0.25, -0.2) is 0 Å². The van der Waals surface area contributed by atoms with Gasteiger partial charge in [-0.1, -0.05) is 29.8 Å².